The highest BCUT2D eigenvalue weighted by Gasteiger charge is 2.13. The average molecular weight is 277 g/mol. The van der Waals surface area contributed by atoms with Crippen molar-refractivity contribution >= 4 is 10.0 Å². The monoisotopic (exact) mass is 277 g/mol. The summed E-state index contributed by atoms with van der Waals surface area (Å²) in [6.45, 7) is 4.04. The van der Waals surface area contributed by atoms with Gasteiger partial charge in [0.1, 0.15) is 5.82 Å². The lowest BCUT2D eigenvalue weighted by Crippen LogP contribution is -2.12. The van der Waals surface area contributed by atoms with Gasteiger partial charge < -0.3 is 14.0 Å². The second kappa shape index (κ2) is 6.83. The SMILES string of the molecule is COCCCOCCn1cc(S(N)(=O)=O)nc1C. The molecule has 0 radical (unpaired) electrons. The summed E-state index contributed by atoms with van der Waals surface area (Å²) in [5, 5.41) is 4.89. The zero-order chi connectivity index (χ0) is 13.6. The van der Waals surface area contributed by atoms with Crippen LogP contribution in [-0.2, 0) is 26.0 Å². The maximum Gasteiger partial charge on any atom is 0.257 e. The van der Waals surface area contributed by atoms with Crippen molar-refractivity contribution in [1.29, 1.82) is 0 Å². The van der Waals surface area contributed by atoms with Gasteiger partial charge in [0, 0.05) is 33.1 Å². The van der Waals surface area contributed by atoms with Gasteiger partial charge in [0.15, 0.2) is 5.03 Å². The topological polar surface area (TPSA) is 96.4 Å². The fourth-order valence-corrected chi connectivity index (χ4v) is 1.95. The van der Waals surface area contributed by atoms with E-state index in [1.165, 1.54) is 6.20 Å². The molecule has 1 heterocycles. The summed E-state index contributed by atoms with van der Waals surface area (Å²) < 4.78 is 34.2. The zero-order valence-electron chi connectivity index (χ0n) is 10.6. The summed E-state index contributed by atoms with van der Waals surface area (Å²) in [6, 6.07) is 0. The molecule has 0 aliphatic carbocycles. The van der Waals surface area contributed by atoms with Crippen molar-refractivity contribution in [3.05, 3.63) is 12.0 Å². The number of rotatable bonds is 8. The van der Waals surface area contributed by atoms with Crippen molar-refractivity contribution < 1.29 is 17.9 Å². The quantitative estimate of drug-likeness (QED) is 0.669. The molecule has 0 aliphatic rings. The summed E-state index contributed by atoms with van der Waals surface area (Å²) >= 11 is 0. The van der Waals surface area contributed by atoms with Gasteiger partial charge in [-0.3, -0.25) is 0 Å². The minimum absolute atomic E-state index is 0.112. The third kappa shape index (κ3) is 4.73. The summed E-state index contributed by atoms with van der Waals surface area (Å²) in [5.74, 6) is 0.597. The molecule has 0 aromatic carbocycles. The first-order chi connectivity index (χ1) is 8.45. The normalized spacial score (nSPS) is 11.9. The van der Waals surface area contributed by atoms with Gasteiger partial charge >= 0.3 is 0 Å². The van der Waals surface area contributed by atoms with Crippen LogP contribution in [0.15, 0.2) is 11.2 Å². The maximum absolute atomic E-state index is 11.1. The highest BCUT2D eigenvalue weighted by Crippen LogP contribution is 2.06. The van der Waals surface area contributed by atoms with E-state index in [2.05, 4.69) is 4.98 Å². The summed E-state index contributed by atoms with van der Waals surface area (Å²) in [6.07, 6.45) is 2.25. The summed E-state index contributed by atoms with van der Waals surface area (Å²) in [4.78, 5) is 3.88. The molecule has 18 heavy (non-hydrogen) atoms. The molecule has 0 aliphatic heterocycles. The average Bonchev–Trinajstić information content (AvgIpc) is 2.65. The molecule has 0 saturated carbocycles. The van der Waals surface area contributed by atoms with Crippen molar-refractivity contribution in [2.75, 3.05) is 26.9 Å². The number of nitrogens with zero attached hydrogens (tertiary/aromatic N) is 2. The van der Waals surface area contributed by atoms with Crippen LogP contribution in [0, 0.1) is 6.92 Å². The molecule has 0 amide bonds. The Labute approximate surface area is 107 Å². The minimum atomic E-state index is -3.74. The Morgan fingerprint density at radius 3 is 2.67 bits per heavy atom. The highest BCUT2D eigenvalue weighted by atomic mass is 32.2. The van der Waals surface area contributed by atoms with Crippen LogP contribution in [0.2, 0.25) is 0 Å². The molecule has 1 aromatic rings. The van der Waals surface area contributed by atoms with Crippen molar-refractivity contribution in [3.63, 3.8) is 0 Å². The summed E-state index contributed by atoms with van der Waals surface area (Å²) in [7, 11) is -2.09. The number of aryl methyl sites for hydroxylation is 1. The van der Waals surface area contributed by atoms with E-state index in [4.69, 9.17) is 14.6 Å². The minimum Gasteiger partial charge on any atom is -0.385 e. The summed E-state index contributed by atoms with van der Waals surface area (Å²) in [5.41, 5.74) is 0. The Balaban J connectivity index is 2.41. The predicted molar refractivity (Wildman–Crippen MR) is 65.6 cm³/mol. The lowest BCUT2D eigenvalue weighted by atomic mass is 10.5. The third-order valence-electron chi connectivity index (χ3n) is 2.36. The van der Waals surface area contributed by atoms with Crippen LogP contribution in [0.1, 0.15) is 12.2 Å². The van der Waals surface area contributed by atoms with E-state index < -0.39 is 10.0 Å². The first-order valence-corrected chi connectivity index (χ1v) is 7.13. The molecule has 0 spiro atoms. The molecule has 0 fully saturated rings. The first kappa shape index (κ1) is 15.1. The van der Waals surface area contributed by atoms with Crippen LogP contribution in [-0.4, -0.2) is 44.9 Å². The largest absolute Gasteiger partial charge is 0.385 e. The van der Waals surface area contributed by atoms with Gasteiger partial charge in [0.05, 0.1) is 6.61 Å². The van der Waals surface area contributed by atoms with Gasteiger partial charge in [0.2, 0.25) is 0 Å². The van der Waals surface area contributed by atoms with Crippen molar-refractivity contribution in [1.82, 2.24) is 9.55 Å². The van der Waals surface area contributed by atoms with E-state index in [1.807, 2.05) is 0 Å². The fraction of sp³-hybridized carbons (Fsp3) is 0.700. The predicted octanol–water partition coefficient (Wildman–Crippen LogP) is -0.108. The van der Waals surface area contributed by atoms with E-state index in [-0.39, 0.29) is 5.03 Å². The van der Waals surface area contributed by atoms with Crippen molar-refractivity contribution in [2.45, 2.75) is 24.9 Å². The van der Waals surface area contributed by atoms with Crippen LogP contribution in [0.3, 0.4) is 0 Å². The van der Waals surface area contributed by atoms with Crippen LogP contribution in [0.4, 0.5) is 0 Å². The standard InChI is InChI=1S/C10H19N3O4S/c1-9-12-10(18(11,14)15)8-13(9)4-7-17-6-3-5-16-2/h8H,3-7H2,1-2H3,(H2,11,14,15). The molecule has 0 atom stereocenters. The molecular weight excluding hydrogens is 258 g/mol. The second-order valence-electron chi connectivity index (χ2n) is 3.82. The Hall–Kier alpha value is -0.960. The number of aromatic nitrogens is 2. The van der Waals surface area contributed by atoms with E-state index in [9.17, 15) is 8.42 Å². The van der Waals surface area contributed by atoms with E-state index >= 15 is 0 Å². The lowest BCUT2D eigenvalue weighted by molar-refractivity contribution is 0.0974. The maximum atomic E-state index is 11.1. The smallest absolute Gasteiger partial charge is 0.257 e. The first-order valence-electron chi connectivity index (χ1n) is 5.58. The van der Waals surface area contributed by atoms with E-state index in [0.29, 0.717) is 32.2 Å². The van der Waals surface area contributed by atoms with Crippen molar-refractivity contribution in [2.24, 2.45) is 5.14 Å². The Bertz CT molecular complexity index is 469. The van der Waals surface area contributed by atoms with Gasteiger partial charge in [-0.05, 0) is 13.3 Å². The van der Waals surface area contributed by atoms with Crippen molar-refractivity contribution in [3.8, 4) is 0 Å². The van der Waals surface area contributed by atoms with Gasteiger partial charge in [-0.2, -0.15) is 0 Å². The van der Waals surface area contributed by atoms with Crippen LogP contribution in [0.5, 0.6) is 0 Å². The number of ether oxygens (including phenoxy) is 2. The van der Waals surface area contributed by atoms with Crippen LogP contribution in [0.25, 0.3) is 0 Å². The lowest BCUT2D eigenvalue weighted by Gasteiger charge is -2.05. The van der Waals surface area contributed by atoms with Crippen LogP contribution < -0.4 is 5.14 Å². The van der Waals surface area contributed by atoms with Gasteiger partial charge in [-0.15, -0.1) is 0 Å². The molecule has 8 heteroatoms. The Kier molecular flexibility index (Phi) is 5.73. The van der Waals surface area contributed by atoms with Crippen LogP contribution >= 0.6 is 0 Å². The molecule has 0 unspecified atom stereocenters. The molecule has 2 N–H and O–H groups in total. The molecule has 104 valence electrons. The fourth-order valence-electron chi connectivity index (χ4n) is 1.41. The molecule has 1 aromatic heterocycles. The molecular formula is C10H19N3O4S. The number of methoxy groups -OCH3 is 1. The number of imidazole rings is 1. The Morgan fingerprint density at radius 2 is 2.11 bits per heavy atom. The van der Waals surface area contributed by atoms with E-state index in [1.54, 1.807) is 18.6 Å². The van der Waals surface area contributed by atoms with Gasteiger partial charge in [-0.25, -0.2) is 18.5 Å². The number of sulfonamides is 1. The highest BCUT2D eigenvalue weighted by molar-refractivity contribution is 7.89. The zero-order valence-corrected chi connectivity index (χ0v) is 11.4. The molecule has 0 saturated heterocycles. The van der Waals surface area contributed by atoms with E-state index in [0.717, 1.165) is 6.42 Å². The van der Waals surface area contributed by atoms with Gasteiger partial charge in [-0.1, -0.05) is 0 Å². The number of hydrogen-bond acceptors (Lipinski definition) is 5. The second-order valence-corrected chi connectivity index (χ2v) is 5.33. The Morgan fingerprint density at radius 1 is 1.39 bits per heavy atom. The number of primary sulfonamides is 1. The van der Waals surface area contributed by atoms with Gasteiger partial charge in [0.25, 0.3) is 10.0 Å². The molecule has 1 rings (SSSR count). The third-order valence-corrected chi connectivity index (χ3v) is 3.14. The molecule has 7 nitrogen and oxygen atoms in total. The number of nitrogens with two attached hydrogens (primary N) is 1. The molecule has 0 bridgehead atoms. The number of hydrogen-bond donors (Lipinski definition) is 1.